The van der Waals surface area contributed by atoms with E-state index in [1.54, 1.807) is 36.4 Å². The lowest BCUT2D eigenvalue weighted by atomic mass is 10.1. The summed E-state index contributed by atoms with van der Waals surface area (Å²) in [6, 6.07) is 19.6. The molecule has 6 heteroatoms. The van der Waals surface area contributed by atoms with Gasteiger partial charge >= 0.3 is 0 Å². The number of rotatable bonds is 7. The second-order valence-electron chi connectivity index (χ2n) is 7.46. The van der Waals surface area contributed by atoms with Crippen molar-refractivity contribution in [1.29, 1.82) is 0 Å². The first kappa shape index (κ1) is 21.6. The first-order chi connectivity index (χ1) is 14.2. The van der Waals surface area contributed by atoms with Crippen molar-refractivity contribution < 1.29 is 13.2 Å². The molecule has 3 rings (SSSR count). The molecule has 0 radical (unpaired) electrons. The Hall–Kier alpha value is -3.12. The van der Waals surface area contributed by atoms with E-state index in [-0.39, 0.29) is 10.8 Å². The van der Waals surface area contributed by atoms with Gasteiger partial charge < -0.3 is 5.32 Å². The maximum atomic E-state index is 12.5. The van der Waals surface area contributed by atoms with Crippen LogP contribution in [0.15, 0.2) is 71.6 Å². The zero-order valence-corrected chi connectivity index (χ0v) is 18.2. The molecule has 0 unspecified atom stereocenters. The smallest absolute Gasteiger partial charge is 0.261 e. The summed E-state index contributed by atoms with van der Waals surface area (Å²) in [4.78, 5) is 12.4. The molecule has 3 aromatic rings. The predicted molar refractivity (Wildman–Crippen MR) is 121 cm³/mol. The van der Waals surface area contributed by atoms with Crippen molar-refractivity contribution in [2.45, 2.75) is 38.5 Å². The highest BCUT2D eigenvalue weighted by Crippen LogP contribution is 2.18. The SMILES string of the molecule is Cc1ccc(NS(=O)(=O)c2ccc(CCC(=O)Nc3ccc(C)c(C)c3)cc2)cc1. The number of amides is 1. The highest BCUT2D eigenvalue weighted by atomic mass is 32.2. The molecule has 5 nitrogen and oxygen atoms in total. The number of carbonyl (C=O) groups excluding carboxylic acids is 1. The highest BCUT2D eigenvalue weighted by molar-refractivity contribution is 7.92. The van der Waals surface area contributed by atoms with Crippen LogP contribution in [0.3, 0.4) is 0 Å². The number of sulfonamides is 1. The second kappa shape index (κ2) is 9.13. The Morgan fingerprint density at radius 2 is 1.43 bits per heavy atom. The molecular formula is C24H26N2O3S. The molecule has 3 aromatic carbocycles. The molecule has 1 amide bonds. The molecule has 0 saturated carbocycles. The monoisotopic (exact) mass is 422 g/mol. The zero-order chi connectivity index (χ0) is 21.7. The number of benzene rings is 3. The van der Waals surface area contributed by atoms with E-state index in [1.165, 1.54) is 5.56 Å². The number of aryl methyl sites for hydroxylation is 4. The van der Waals surface area contributed by atoms with Crippen molar-refractivity contribution in [1.82, 2.24) is 0 Å². The molecule has 0 aliphatic rings. The summed E-state index contributed by atoms with van der Waals surface area (Å²) in [5.41, 5.74) is 5.58. The van der Waals surface area contributed by atoms with Gasteiger partial charge in [-0.15, -0.1) is 0 Å². The molecule has 0 aliphatic carbocycles. The van der Waals surface area contributed by atoms with Crippen LogP contribution in [-0.2, 0) is 21.2 Å². The molecule has 0 atom stereocenters. The van der Waals surface area contributed by atoms with Crippen LogP contribution in [0, 0.1) is 20.8 Å². The predicted octanol–water partition coefficient (Wildman–Crippen LogP) is 4.98. The number of nitrogens with one attached hydrogen (secondary N) is 2. The van der Waals surface area contributed by atoms with Gasteiger partial charge in [-0.3, -0.25) is 9.52 Å². The Kier molecular flexibility index (Phi) is 6.57. The van der Waals surface area contributed by atoms with Crippen LogP contribution >= 0.6 is 0 Å². The Balaban J connectivity index is 1.57. The van der Waals surface area contributed by atoms with Gasteiger partial charge in [-0.1, -0.05) is 35.9 Å². The van der Waals surface area contributed by atoms with Crippen molar-refractivity contribution in [3.8, 4) is 0 Å². The molecule has 0 heterocycles. The van der Waals surface area contributed by atoms with Gasteiger partial charge in [-0.2, -0.15) is 0 Å². The summed E-state index contributed by atoms with van der Waals surface area (Å²) in [5, 5.41) is 2.90. The third-order valence-corrected chi connectivity index (χ3v) is 6.37. The van der Waals surface area contributed by atoms with Crippen LogP contribution in [0.5, 0.6) is 0 Å². The van der Waals surface area contributed by atoms with Gasteiger partial charge in [0.1, 0.15) is 0 Å². The lowest BCUT2D eigenvalue weighted by Gasteiger charge is -2.10. The average Bonchev–Trinajstić information content (AvgIpc) is 2.71. The minimum atomic E-state index is -3.65. The normalized spacial score (nSPS) is 11.2. The fourth-order valence-corrected chi connectivity index (χ4v) is 4.03. The van der Waals surface area contributed by atoms with Gasteiger partial charge in [0.05, 0.1) is 4.90 Å². The van der Waals surface area contributed by atoms with Gasteiger partial charge in [0.25, 0.3) is 10.0 Å². The van der Waals surface area contributed by atoms with E-state index >= 15 is 0 Å². The molecule has 0 fully saturated rings. The average molecular weight is 423 g/mol. The van der Waals surface area contributed by atoms with E-state index in [1.807, 2.05) is 51.1 Å². The largest absolute Gasteiger partial charge is 0.326 e. The standard InChI is InChI=1S/C24H26N2O3S/c1-17-4-10-21(11-5-17)26-30(28,29)23-13-7-20(8-14-23)9-15-24(27)25-22-12-6-18(2)19(3)16-22/h4-8,10-14,16,26H,9,15H2,1-3H3,(H,25,27). The lowest BCUT2D eigenvalue weighted by Crippen LogP contribution is -2.13. The van der Waals surface area contributed by atoms with Crippen molar-refractivity contribution in [2.75, 3.05) is 10.0 Å². The Morgan fingerprint density at radius 1 is 0.800 bits per heavy atom. The summed E-state index contributed by atoms with van der Waals surface area (Å²) in [5.74, 6) is -0.0732. The second-order valence-corrected chi connectivity index (χ2v) is 9.15. The van der Waals surface area contributed by atoms with E-state index < -0.39 is 10.0 Å². The van der Waals surface area contributed by atoms with Crippen molar-refractivity contribution in [3.05, 3.63) is 89.0 Å². The van der Waals surface area contributed by atoms with Gasteiger partial charge in [0.15, 0.2) is 0 Å². The highest BCUT2D eigenvalue weighted by Gasteiger charge is 2.14. The third kappa shape index (κ3) is 5.70. The Morgan fingerprint density at radius 3 is 2.07 bits per heavy atom. The quantitative estimate of drug-likeness (QED) is 0.564. The summed E-state index contributed by atoms with van der Waals surface area (Å²) in [6.07, 6.45) is 0.850. The van der Waals surface area contributed by atoms with Crippen LogP contribution in [-0.4, -0.2) is 14.3 Å². The van der Waals surface area contributed by atoms with Crippen LogP contribution in [0.4, 0.5) is 11.4 Å². The molecule has 30 heavy (non-hydrogen) atoms. The third-order valence-electron chi connectivity index (χ3n) is 4.97. The lowest BCUT2D eigenvalue weighted by molar-refractivity contribution is -0.116. The topological polar surface area (TPSA) is 75.3 Å². The number of hydrogen-bond donors (Lipinski definition) is 2. The van der Waals surface area contributed by atoms with Crippen LogP contribution < -0.4 is 10.0 Å². The minimum absolute atomic E-state index is 0.0732. The zero-order valence-electron chi connectivity index (χ0n) is 17.4. The number of hydrogen-bond acceptors (Lipinski definition) is 3. The maximum absolute atomic E-state index is 12.5. The van der Waals surface area contributed by atoms with Crippen LogP contribution in [0.2, 0.25) is 0 Å². The molecule has 0 saturated heterocycles. The van der Waals surface area contributed by atoms with Crippen molar-refractivity contribution in [3.63, 3.8) is 0 Å². The summed E-state index contributed by atoms with van der Waals surface area (Å²) in [7, 11) is -3.65. The first-order valence-corrected chi connectivity index (χ1v) is 11.3. The van der Waals surface area contributed by atoms with E-state index in [9.17, 15) is 13.2 Å². The molecule has 0 aliphatic heterocycles. The summed E-state index contributed by atoms with van der Waals surface area (Å²) in [6.45, 7) is 5.98. The van der Waals surface area contributed by atoms with E-state index in [4.69, 9.17) is 0 Å². The molecule has 0 aromatic heterocycles. The molecule has 156 valence electrons. The molecule has 0 bridgehead atoms. The van der Waals surface area contributed by atoms with E-state index in [0.29, 0.717) is 18.5 Å². The number of carbonyl (C=O) groups is 1. The van der Waals surface area contributed by atoms with Crippen LogP contribution in [0.1, 0.15) is 28.7 Å². The van der Waals surface area contributed by atoms with Gasteiger partial charge in [0.2, 0.25) is 5.91 Å². The number of anilines is 2. The Bertz CT molecular complexity index is 1140. The molecule has 2 N–H and O–H groups in total. The summed E-state index contributed by atoms with van der Waals surface area (Å²) < 4.78 is 27.7. The molecule has 0 spiro atoms. The van der Waals surface area contributed by atoms with Crippen molar-refractivity contribution >= 4 is 27.3 Å². The van der Waals surface area contributed by atoms with E-state index in [0.717, 1.165) is 22.4 Å². The van der Waals surface area contributed by atoms with Crippen molar-refractivity contribution in [2.24, 2.45) is 0 Å². The van der Waals surface area contributed by atoms with Gasteiger partial charge in [0, 0.05) is 17.8 Å². The fourth-order valence-electron chi connectivity index (χ4n) is 2.97. The first-order valence-electron chi connectivity index (χ1n) is 9.78. The minimum Gasteiger partial charge on any atom is -0.326 e. The fraction of sp³-hybridized carbons (Fsp3) is 0.208. The molecular weight excluding hydrogens is 396 g/mol. The van der Waals surface area contributed by atoms with Gasteiger partial charge in [-0.05, 0) is 80.3 Å². The van der Waals surface area contributed by atoms with Gasteiger partial charge in [-0.25, -0.2) is 8.42 Å². The summed E-state index contributed by atoms with van der Waals surface area (Å²) >= 11 is 0. The van der Waals surface area contributed by atoms with Crippen LogP contribution in [0.25, 0.3) is 0 Å². The maximum Gasteiger partial charge on any atom is 0.261 e. The Labute approximate surface area is 178 Å². The van der Waals surface area contributed by atoms with E-state index in [2.05, 4.69) is 10.0 Å².